The van der Waals surface area contributed by atoms with Gasteiger partial charge in [0.05, 0.1) is 12.0 Å². The van der Waals surface area contributed by atoms with Gasteiger partial charge in [0.15, 0.2) is 0 Å². The Morgan fingerprint density at radius 1 is 1.06 bits per heavy atom. The second-order valence-electron chi connectivity index (χ2n) is 10.2. The van der Waals surface area contributed by atoms with E-state index in [2.05, 4.69) is 33.5 Å². The molecule has 5 rings (SSSR count). The lowest BCUT2D eigenvalue weighted by Crippen LogP contribution is -2.50. The van der Waals surface area contributed by atoms with Crippen LogP contribution >= 0.6 is 11.3 Å². The summed E-state index contributed by atoms with van der Waals surface area (Å²) in [5, 5.41) is 5.32. The molecule has 2 amide bonds. The van der Waals surface area contributed by atoms with Crippen LogP contribution in [0.25, 0.3) is 0 Å². The number of carbonyl (C=O) groups is 2. The number of rotatable bonds is 7. The minimum absolute atomic E-state index is 0.0491. The number of nitrogens with zero attached hydrogens (tertiary/aromatic N) is 2. The highest BCUT2D eigenvalue weighted by molar-refractivity contribution is 7.10. The number of hydrogen-bond acceptors (Lipinski definition) is 4. The molecule has 2 aliphatic heterocycles. The zero-order valence-electron chi connectivity index (χ0n) is 20.2. The van der Waals surface area contributed by atoms with Crippen molar-refractivity contribution in [1.82, 2.24) is 15.1 Å². The number of hydrogen-bond donors (Lipinski definition) is 1. The smallest absolute Gasteiger partial charge is 0.254 e. The van der Waals surface area contributed by atoms with Crippen molar-refractivity contribution < 1.29 is 9.59 Å². The van der Waals surface area contributed by atoms with Gasteiger partial charge in [-0.15, -0.1) is 11.3 Å². The molecule has 1 saturated carbocycles. The van der Waals surface area contributed by atoms with Crippen molar-refractivity contribution in [3.05, 3.63) is 57.8 Å². The molecule has 5 nitrogen and oxygen atoms in total. The quantitative estimate of drug-likeness (QED) is 0.545. The van der Waals surface area contributed by atoms with Gasteiger partial charge >= 0.3 is 0 Å². The van der Waals surface area contributed by atoms with Crippen LogP contribution in [0.2, 0.25) is 0 Å². The highest BCUT2D eigenvalue weighted by Crippen LogP contribution is 2.47. The van der Waals surface area contributed by atoms with Gasteiger partial charge in [-0.2, -0.15) is 0 Å². The molecule has 1 aliphatic carbocycles. The second kappa shape index (κ2) is 10.6. The lowest BCUT2D eigenvalue weighted by Gasteiger charge is -2.44. The Bertz CT molecular complexity index is 985. The van der Waals surface area contributed by atoms with Crippen molar-refractivity contribution in [2.45, 2.75) is 82.3 Å². The normalized spacial score (nSPS) is 26.0. The number of thiophene rings is 1. The monoisotopic (exact) mass is 479 g/mol. The van der Waals surface area contributed by atoms with E-state index in [0.29, 0.717) is 18.2 Å². The zero-order valence-corrected chi connectivity index (χ0v) is 21.1. The molecule has 1 aromatic carbocycles. The Morgan fingerprint density at radius 2 is 1.85 bits per heavy atom. The lowest BCUT2D eigenvalue weighted by molar-refractivity contribution is -0.124. The highest BCUT2D eigenvalue weighted by atomic mass is 32.1. The SMILES string of the molecule is C[C@@H]1CCCCN1CCCNC(=O)[C@@H]1c2ccccc2C(=O)N(C2CCCC2)[C@H]1c1cccs1. The third kappa shape index (κ3) is 4.67. The van der Waals surface area contributed by atoms with E-state index in [9.17, 15) is 9.59 Å². The van der Waals surface area contributed by atoms with E-state index in [0.717, 1.165) is 49.1 Å². The van der Waals surface area contributed by atoms with Gasteiger partial charge in [0, 0.05) is 35.6 Å². The molecule has 6 heteroatoms. The first-order valence-corrected chi connectivity index (χ1v) is 14.0. The fraction of sp³-hybridized carbons (Fsp3) is 0.571. The molecule has 3 aliphatic rings. The molecule has 2 fully saturated rings. The predicted octanol–water partition coefficient (Wildman–Crippen LogP) is 5.35. The van der Waals surface area contributed by atoms with Crippen molar-refractivity contribution in [1.29, 1.82) is 0 Å². The third-order valence-corrected chi connectivity index (χ3v) is 9.02. The van der Waals surface area contributed by atoms with Crippen LogP contribution in [0.5, 0.6) is 0 Å². The summed E-state index contributed by atoms with van der Waals surface area (Å²) in [6.07, 6.45) is 9.20. The summed E-state index contributed by atoms with van der Waals surface area (Å²) in [7, 11) is 0. The summed E-state index contributed by atoms with van der Waals surface area (Å²) in [5.41, 5.74) is 1.58. The van der Waals surface area contributed by atoms with Crippen molar-refractivity contribution in [2.75, 3.05) is 19.6 Å². The van der Waals surface area contributed by atoms with Crippen LogP contribution < -0.4 is 5.32 Å². The summed E-state index contributed by atoms with van der Waals surface area (Å²) in [6, 6.07) is 12.5. The molecule has 34 heavy (non-hydrogen) atoms. The molecule has 1 aromatic heterocycles. The summed E-state index contributed by atoms with van der Waals surface area (Å²) >= 11 is 1.66. The van der Waals surface area contributed by atoms with Gasteiger partial charge in [-0.1, -0.05) is 43.5 Å². The lowest BCUT2D eigenvalue weighted by atomic mass is 9.80. The van der Waals surface area contributed by atoms with Crippen LogP contribution in [0.3, 0.4) is 0 Å². The average Bonchev–Trinajstić information content (AvgIpc) is 3.57. The largest absolute Gasteiger partial charge is 0.355 e. The molecule has 0 radical (unpaired) electrons. The molecule has 2 aromatic rings. The maximum Gasteiger partial charge on any atom is 0.254 e. The van der Waals surface area contributed by atoms with E-state index in [-0.39, 0.29) is 29.8 Å². The predicted molar refractivity (Wildman–Crippen MR) is 137 cm³/mol. The minimum Gasteiger partial charge on any atom is -0.355 e. The first-order chi connectivity index (χ1) is 16.6. The van der Waals surface area contributed by atoms with Gasteiger partial charge in [0.2, 0.25) is 5.91 Å². The van der Waals surface area contributed by atoms with Gasteiger partial charge < -0.3 is 15.1 Å². The molecular formula is C28H37N3O2S. The molecule has 1 N–H and O–H groups in total. The molecule has 182 valence electrons. The van der Waals surface area contributed by atoms with E-state index in [1.807, 2.05) is 30.3 Å². The van der Waals surface area contributed by atoms with Gasteiger partial charge in [-0.25, -0.2) is 0 Å². The van der Waals surface area contributed by atoms with Crippen molar-refractivity contribution in [2.24, 2.45) is 0 Å². The summed E-state index contributed by atoms with van der Waals surface area (Å²) in [6.45, 7) is 5.19. The first-order valence-electron chi connectivity index (χ1n) is 13.1. The molecule has 0 bridgehead atoms. The van der Waals surface area contributed by atoms with E-state index in [1.165, 1.54) is 25.8 Å². The number of carbonyl (C=O) groups excluding carboxylic acids is 2. The number of amides is 2. The van der Waals surface area contributed by atoms with E-state index < -0.39 is 0 Å². The molecule has 1 saturated heterocycles. The minimum atomic E-state index is -0.373. The number of fused-ring (bicyclic) bond motifs is 1. The molecule has 0 unspecified atom stereocenters. The molecule has 3 atom stereocenters. The molecule has 0 spiro atoms. The van der Waals surface area contributed by atoms with Gasteiger partial charge in [0.25, 0.3) is 5.91 Å². The Hall–Kier alpha value is -2.18. The topological polar surface area (TPSA) is 52.7 Å². The Labute approximate surface area is 207 Å². The third-order valence-electron chi connectivity index (χ3n) is 8.07. The van der Waals surface area contributed by atoms with Gasteiger partial charge in [-0.05, 0) is 68.6 Å². The standard InChI is InChI=1S/C28H37N3O2S/c1-20-10-6-7-17-30(20)18-9-16-29-27(32)25-22-13-4-5-14-23(22)28(33)31(21-11-2-3-12-21)26(25)24-15-8-19-34-24/h4-5,8,13-15,19-21,25-26H,2-3,6-7,9-12,16-18H2,1H3,(H,29,32)/t20-,25-,26+/m1/s1. The number of benzene rings is 1. The maximum absolute atomic E-state index is 13.8. The Morgan fingerprint density at radius 3 is 2.62 bits per heavy atom. The summed E-state index contributed by atoms with van der Waals surface area (Å²) in [4.78, 5) is 33.3. The summed E-state index contributed by atoms with van der Waals surface area (Å²) < 4.78 is 0. The van der Waals surface area contributed by atoms with E-state index in [1.54, 1.807) is 11.3 Å². The Kier molecular flexibility index (Phi) is 7.35. The number of nitrogens with one attached hydrogen (secondary N) is 1. The molecular weight excluding hydrogens is 442 g/mol. The van der Waals surface area contributed by atoms with Crippen LogP contribution in [0.15, 0.2) is 41.8 Å². The average molecular weight is 480 g/mol. The van der Waals surface area contributed by atoms with E-state index in [4.69, 9.17) is 0 Å². The van der Waals surface area contributed by atoms with Crippen molar-refractivity contribution in [3.63, 3.8) is 0 Å². The van der Waals surface area contributed by atoms with Crippen LogP contribution in [0.4, 0.5) is 0 Å². The first kappa shape index (κ1) is 23.6. The number of piperidine rings is 1. The number of likely N-dealkylation sites (tertiary alicyclic amines) is 1. The van der Waals surface area contributed by atoms with Crippen molar-refractivity contribution in [3.8, 4) is 0 Å². The van der Waals surface area contributed by atoms with Crippen LogP contribution in [-0.4, -0.2) is 53.3 Å². The van der Waals surface area contributed by atoms with Crippen molar-refractivity contribution >= 4 is 23.2 Å². The molecule has 3 heterocycles. The van der Waals surface area contributed by atoms with Crippen LogP contribution in [0.1, 0.15) is 91.0 Å². The van der Waals surface area contributed by atoms with Gasteiger partial charge in [0.1, 0.15) is 0 Å². The Balaban J connectivity index is 1.38. The van der Waals surface area contributed by atoms with Crippen LogP contribution in [0, 0.1) is 0 Å². The maximum atomic E-state index is 13.8. The zero-order chi connectivity index (χ0) is 23.5. The second-order valence-corrected chi connectivity index (χ2v) is 11.2. The van der Waals surface area contributed by atoms with Crippen LogP contribution in [-0.2, 0) is 4.79 Å². The highest BCUT2D eigenvalue weighted by Gasteiger charge is 2.47. The summed E-state index contributed by atoms with van der Waals surface area (Å²) in [5.74, 6) is -0.237. The van der Waals surface area contributed by atoms with Gasteiger partial charge in [-0.3, -0.25) is 9.59 Å². The van der Waals surface area contributed by atoms with E-state index >= 15 is 0 Å². The fourth-order valence-electron chi connectivity index (χ4n) is 6.27. The fourth-order valence-corrected chi connectivity index (χ4v) is 7.13.